The third-order valence-electron chi connectivity index (χ3n) is 1.67. The molecule has 1 aromatic rings. The second-order valence-electron chi connectivity index (χ2n) is 2.57. The fourth-order valence-corrected chi connectivity index (χ4v) is 1.59. The lowest BCUT2D eigenvalue weighted by Crippen LogP contribution is -2.06. The summed E-state index contributed by atoms with van der Waals surface area (Å²) in [6, 6.07) is 3.24. The Hall–Kier alpha value is -1.23. The summed E-state index contributed by atoms with van der Waals surface area (Å²) in [5.74, 6) is -0.677. The first-order chi connectivity index (χ1) is 6.57. The summed E-state index contributed by atoms with van der Waals surface area (Å²) >= 11 is 3.12. The molecule has 0 aliphatic carbocycles. The van der Waals surface area contributed by atoms with Crippen LogP contribution in [-0.2, 0) is 0 Å². The van der Waals surface area contributed by atoms with Gasteiger partial charge in [-0.2, -0.15) is 0 Å². The quantitative estimate of drug-likeness (QED) is 0.816. The Morgan fingerprint density at radius 2 is 2.29 bits per heavy atom. The maximum atomic E-state index is 10.8. The predicted molar refractivity (Wildman–Crippen MR) is 56.7 cm³/mol. The molecule has 0 saturated carbocycles. The van der Waals surface area contributed by atoms with Crippen molar-refractivity contribution in [3.8, 4) is 5.75 Å². The van der Waals surface area contributed by atoms with Gasteiger partial charge in [0.2, 0.25) is 0 Å². The molecule has 0 unspecified atom stereocenters. The van der Waals surface area contributed by atoms with Gasteiger partial charge in [0, 0.05) is 4.47 Å². The number of hydrogen-bond donors (Lipinski definition) is 2. The lowest BCUT2D eigenvalue weighted by atomic mass is 10.1. The summed E-state index contributed by atoms with van der Waals surface area (Å²) < 4.78 is 5.62. The van der Waals surface area contributed by atoms with Crippen molar-refractivity contribution >= 4 is 27.6 Å². The van der Waals surface area contributed by atoms with Crippen molar-refractivity contribution in [3.63, 3.8) is 0 Å². The van der Waals surface area contributed by atoms with Crippen molar-refractivity contribution in [1.82, 2.24) is 0 Å². The summed E-state index contributed by atoms with van der Waals surface area (Å²) in [5.41, 5.74) is 5.82. The normalized spacial score (nSPS) is 9.86. The first-order valence-electron chi connectivity index (χ1n) is 4.02. The Labute approximate surface area is 89.8 Å². The number of nitrogens with two attached hydrogens (primary N) is 1. The highest BCUT2D eigenvalue weighted by Crippen LogP contribution is 2.31. The molecule has 0 fully saturated rings. The highest BCUT2D eigenvalue weighted by Gasteiger charge is 2.16. The molecule has 1 aromatic carbocycles. The van der Waals surface area contributed by atoms with Crippen molar-refractivity contribution in [2.75, 3.05) is 12.3 Å². The van der Waals surface area contributed by atoms with Gasteiger partial charge in [0.05, 0.1) is 12.3 Å². The van der Waals surface area contributed by atoms with Crippen LogP contribution in [0.5, 0.6) is 5.75 Å². The number of ether oxygens (including phenoxy) is 1. The molecule has 76 valence electrons. The third kappa shape index (κ3) is 1.98. The van der Waals surface area contributed by atoms with Crippen LogP contribution in [0.3, 0.4) is 0 Å². The molecule has 0 atom stereocenters. The van der Waals surface area contributed by atoms with Gasteiger partial charge in [-0.05, 0) is 35.0 Å². The molecule has 0 bridgehead atoms. The van der Waals surface area contributed by atoms with E-state index in [1.807, 2.05) is 6.92 Å². The number of halogens is 1. The fraction of sp³-hybridized carbons (Fsp3) is 0.222. The monoisotopic (exact) mass is 259 g/mol. The average Bonchev–Trinajstić information content (AvgIpc) is 2.10. The van der Waals surface area contributed by atoms with Crippen LogP contribution in [-0.4, -0.2) is 17.7 Å². The number of aromatic carboxylic acids is 1. The molecule has 4 nitrogen and oxygen atoms in total. The molecular formula is C9H10BrNO3. The van der Waals surface area contributed by atoms with E-state index in [9.17, 15) is 4.79 Å². The molecule has 3 N–H and O–H groups in total. The molecule has 0 heterocycles. The number of carboxylic acids is 1. The first kappa shape index (κ1) is 10.8. The summed E-state index contributed by atoms with van der Waals surface area (Å²) in [5, 5.41) is 8.87. The van der Waals surface area contributed by atoms with E-state index in [0.717, 1.165) is 0 Å². The molecule has 14 heavy (non-hydrogen) atoms. The number of hydrogen-bond acceptors (Lipinski definition) is 3. The van der Waals surface area contributed by atoms with E-state index in [-0.39, 0.29) is 11.3 Å². The lowest BCUT2D eigenvalue weighted by molar-refractivity contribution is 0.0696. The molecule has 0 aliphatic heterocycles. The summed E-state index contributed by atoms with van der Waals surface area (Å²) in [4.78, 5) is 10.8. The van der Waals surface area contributed by atoms with Crippen molar-refractivity contribution in [3.05, 3.63) is 22.2 Å². The molecule has 0 radical (unpaired) electrons. The Morgan fingerprint density at radius 1 is 1.64 bits per heavy atom. The average molecular weight is 260 g/mol. The second kappa shape index (κ2) is 4.32. The first-order valence-corrected chi connectivity index (χ1v) is 4.81. The van der Waals surface area contributed by atoms with E-state index >= 15 is 0 Å². The van der Waals surface area contributed by atoms with Crippen LogP contribution < -0.4 is 10.5 Å². The molecule has 0 aliphatic rings. The number of carbonyl (C=O) groups is 1. The number of nitrogen functional groups attached to an aromatic ring is 1. The molecule has 5 heteroatoms. The minimum atomic E-state index is -1.07. The van der Waals surface area contributed by atoms with Crippen LogP contribution in [0, 0.1) is 0 Å². The molecule has 1 rings (SSSR count). The van der Waals surface area contributed by atoms with Crippen LogP contribution in [0.4, 0.5) is 5.69 Å². The van der Waals surface area contributed by atoms with Gasteiger partial charge >= 0.3 is 5.97 Å². The van der Waals surface area contributed by atoms with E-state index < -0.39 is 5.97 Å². The van der Waals surface area contributed by atoms with E-state index in [2.05, 4.69) is 15.9 Å². The van der Waals surface area contributed by atoms with Gasteiger partial charge in [-0.3, -0.25) is 0 Å². The Bertz CT molecular complexity index is 365. The molecule has 0 aromatic heterocycles. The van der Waals surface area contributed by atoms with Crippen LogP contribution in [0.2, 0.25) is 0 Å². The van der Waals surface area contributed by atoms with Crippen molar-refractivity contribution in [2.45, 2.75) is 6.92 Å². The van der Waals surface area contributed by atoms with Crippen LogP contribution in [0.1, 0.15) is 17.3 Å². The highest BCUT2D eigenvalue weighted by atomic mass is 79.9. The number of benzene rings is 1. The van der Waals surface area contributed by atoms with Crippen molar-refractivity contribution in [2.24, 2.45) is 0 Å². The zero-order chi connectivity index (χ0) is 10.7. The maximum absolute atomic E-state index is 10.8. The van der Waals surface area contributed by atoms with Gasteiger partial charge in [0.25, 0.3) is 0 Å². The zero-order valence-corrected chi connectivity index (χ0v) is 9.17. The summed E-state index contributed by atoms with van der Waals surface area (Å²) in [6.45, 7) is 2.26. The summed E-state index contributed by atoms with van der Waals surface area (Å²) in [7, 11) is 0. The SMILES string of the molecule is CCOc1ccc(Br)c(C(=O)O)c1N. The van der Waals surface area contributed by atoms with E-state index in [1.165, 1.54) is 0 Å². The van der Waals surface area contributed by atoms with Crippen molar-refractivity contribution < 1.29 is 14.6 Å². The van der Waals surface area contributed by atoms with Gasteiger partial charge < -0.3 is 15.6 Å². The highest BCUT2D eigenvalue weighted by molar-refractivity contribution is 9.10. The Morgan fingerprint density at radius 3 is 2.79 bits per heavy atom. The lowest BCUT2D eigenvalue weighted by Gasteiger charge is -2.10. The molecular weight excluding hydrogens is 250 g/mol. The molecule has 0 amide bonds. The maximum Gasteiger partial charge on any atom is 0.339 e. The number of carboxylic acid groups (broad SMARTS) is 1. The second-order valence-corrected chi connectivity index (χ2v) is 3.43. The van der Waals surface area contributed by atoms with Crippen LogP contribution in [0.25, 0.3) is 0 Å². The summed E-state index contributed by atoms with van der Waals surface area (Å²) in [6.07, 6.45) is 0. The van der Waals surface area contributed by atoms with Crippen LogP contribution in [0.15, 0.2) is 16.6 Å². The van der Waals surface area contributed by atoms with Gasteiger partial charge in [-0.15, -0.1) is 0 Å². The third-order valence-corrected chi connectivity index (χ3v) is 2.33. The smallest absolute Gasteiger partial charge is 0.339 e. The van der Waals surface area contributed by atoms with Crippen LogP contribution >= 0.6 is 15.9 Å². The van der Waals surface area contributed by atoms with E-state index in [1.54, 1.807) is 12.1 Å². The van der Waals surface area contributed by atoms with Gasteiger partial charge in [-0.25, -0.2) is 4.79 Å². The molecule has 0 spiro atoms. The zero-order valence-electron chi connectivity index (χ0n) is 7.58. The van der Waals surface area contributed by atoms with Gasteiger partial charge in [0.15, 0.2) is 0 Å². The largest absolute Gasteiger partial charge is 0.492 e. The van der Waals surface area contributed by atoms with E-state index in [4.69, 9.17) is 15.6 Å². The van der Waals surface area contributed by atoms with Crippen molar-refractivity contribution in [1.29, 1.82) is 0 Å². The fourth-order valence-electron chi connectivity index (χ4n) is 1.07. The Kier molecular flexibility index (Phi) is 3.35. The number of rotatable bonds is 3. The topological polar surface area (TPSA) is 72.5 Å². The standard InChI is InChI=1S/C9H10BrNO3/c1-2-14-6-4-3-5(10)7(8(6)11)9(12)13/h3-4H,2,11H2,1H3,(H,12,13). The molecule has 0 saturated heterocycles. The minimum absolute atomic E-state index is 0.0379. The predicted octanol–water partition coefficient (Wildman–Crippen LogP) is 2.13. The minimum Gasteiger partial charge on any atom is -0.492 e. The Balaban J connectivity index is 3.26. The number of anilines is 1. The van der Waals surface area contributed by atoms with Gasteiger partial charge in [0.1, 0.15) is 11.3 Å². The van der Waals surface area contributed by atoms with Gasteiger partial charge in [-0.1, -0.05) is 0 Å². The van der Waals surface area contributed by atoms with E-state index in [0.29, 0.717) is 16.8 Å².